The maximum atomic E-state index is 13.6. The Morgan fingerprint density at radius 3 is 2.40 bits per heavy atom. The highest BCUT2D eigenvalue weighted by molar-refractivity contribution is 6.24. The summed E-state index contributed by atoms with van der Waals surface area (Å²) in [6.45, 7) is -0.303. The van der Waals surface area contributed by atoms with Crippen LogP contribution in [-0.4, -0.2) is 93.8 Å². The van der Waals surface area contributed by atoms with E-state index in [1.807, 2.05) is 0 Å². The lowest BCUT2D eigenvalue weighted by atomic mass is 9.58. The maximum Gasteiger partial charge on any atom is 0.255 e. The number of amides is 1. The van der Waals surface area contributed by atoms with Crippen LogP contribution >= 0.6 is 0 Å². The van der Waals surface area contributed by atoms with Crippen molar-refractivity contribution in [2.45, 2.75) is 24.5 Å². The molecule has 0 unspecified atom stereocenters. The van der Waals surface area contributed by atoms with E-state index in [1.165, 1.54) is 18.0 Å². The zero-order valence-corrected chi connectivity index (χ0v) is 19.6. The fraction of sp³-hybridized carbons (Fsp3) is 0.458. The van der Waals surface area contributed by atoms with Crippen molar-refractivity contribution >= 4 is 23.2 Å². The van der Waals surface area contributed by atoms with Gasteiger partial charge < -0.3 is 36.2 Å². The number of Topliss-reactive ketones (excluding diaryl/α,β-unsaturated/α-hetero) is 2. The Kier molecular flexibility index (Phi) is 5.90. The third-order valence-electron chi connectivity index (χ3n) is 7.43. The van der Waals surface area contributed by atoms with Gasteiger partial charge >= 0.3 is 0 Å². The van der Waals surface area contributed by atoms with E-state index in [0.717, 1.165) is 0 Å². The Morgan fingerprint density at radius 2 is 1.83 bits per heavy atom. The highest BCUT2D eigenvalue weighted by atomic mass is 16.3. The number of hydrogen-bond acceptors (Lipinski definition) is 10. The molecule has 1 aromatic carbocycles. The smallest absolute Gasteiger partial charge is 0.255 e. The summed E-state index contributed by atoms with van der Waals surface area (Å²) >= 11 is 0. The second-order valence-corrected chi connectivity index (χ2v) is 9.56. The van der Waals surface area contributed by atoms with Crippen molar-refractivity contribution in [3.05, 3.63) is 45.9 Å². The molecular formula is C24H29N3O8. The van der Waals surface area contributed by atoms with Crippen LogP contribution in [0.4, 0.5) is 5.69 Å². The molecule has 0 heterocycles. The molecule has 35 heavy (non-hydrogen) atoms. The zero-order valence-electron chi connectivity index (χ0n) is 19.6. The lowest BCUT2D eigenvalue weighted by Gasteiger charge is -2.50. The van der Waals surface area contributed by atoms with Gasteiger partial charge in [-0.25, -0.2) is 0 Å². The summed E-state index contributed by atoms with van der Waals surface area (Å²) < 4.78 is 0. The number of ketones is 2. The topological polar surface area (TPSA) is 185 Å². The summed E-state index contributed by atoms with van der Waals surface area (Å²) in [5.74, 6) is -6.99. The number of carbonyl (C=O) groups excluding carboxylic acids is 3. The number of phenols is 1. The van der Waals surface area contributed by atoms with Crippen molar-refractivity contribution in [2.75, 3.05) is 39.2 Å². The van der Waals surface area contributed by atoms with Gasteiger partial charge in [-0.05, 0) is 43.5 Å². The minimum atomic E-state index is -2.71. The first-order valence-electron chi connectivity index (χ1n) is 11.2. The molecule has 188 valence electrons. The number of hydrogen-bond donors (Lipinski definition) is 6. The fourth-order valence-corrected chi connectivity index (χ4v) is 5.86. The minimum absolute atomic E-state index is 0.00806. The first kappa shape index (κ1) is 24.7. The zero-order chi connectivity index (χ0) is 26.0. The van der Waals surface area contributed by atoms with E-state index in [-0.39, 0.29) is 42.9 Å². The SMILES string of the molecule is CN(C)c1ccc(O)c2c1C[C@H]1C[C@H]3[C@@H](N(C)CCO)C(O)=C(C(N)=O)C(=O)[C@@]3(O)C(O)=C1C2=O. The molecule has 11 nitrogen and oxygen atoms in total. The van der Waals surface area contributed by atoms with Crippen molar-refractivity contribution in [3.63, 3.8) is 0 Å². The van der Waals surface area contributed by atoms with Crippen LogP contribution in [0.2, 0.25) is 0 Å². The second-order valence-electron chi connectivity index (χ2n) is 9.56. The van der Waals surface area contributed by atoms with Crippen LogP contribution in [0.15, 0.2) is 34.8 Å². The predicted molar refractivity (Wildman–Crippen MR) is 124 cm³/mol. The normalized spacial score (nSPS) is 28.1. The first-order valence-corrected chi connectivity index (χ1v) is 11.2. The van der Waals surface area contributed by atoms with Gasteiger partial charge in [0.2, 0.25) is 5.78 Å². The van der Waals surface area contributed by atoms with Crippen LogP contribution in [0.5, 0.6) is 5.75 Å². The number of fused-ring (bicyclic) bond motifs is 3. The summed E-state index contributed by atoms with van der Waals surface area (Å²) in [5.41, 5.74) is 2.77. The van der Waals surface area contributed by atoms with Crippen LogP contribution in [0.25, 0.3) is 0 Å². The standard InChI is InChI=1S/C24H29N3O8/c1-26(2)13-4-5-14(29)16-11(13)8-10-9-12-18(27(3)6-7-28)20(31)17(23(25)34)22(33)24(12,35)21(32)15(10)19(16)30/h4-5,10,12,18,28-29,31-32,35H,6-9H2,1-3H3,(H2,25,34)/t10-,12-,18+,24-/m0/s1. The van der Waals surface area contributed by atoms with E-state index < -0.39 is 58.0 Å². The lowest BCUT2D eigenvalue weighted by molar-refractivity contribution is -0.149. The maximum absolute atomic E-state index is 13.6. The third-order valence-corrected chi connectivity index (χ3v) is 7.43. The molecule has 0 aliphatic heterocycles. The Labute approximate surface area is 201 Å². The molecule has 0 saturated heterocycles. The number of nitrogens with two attached hydrogens (primary N) is 1. The number of aliphatic hydroxyl groups excluding tert-OH is 3. The monoisotopic (exact) mass is 487 g/mol. The molecule has 3 aliphatic rings. The Bertz CT molecular complexity index is 1200. The second kappa shape index (κ2) is 8.36. The van der Waals surface area contributed by atoms with Crippen LogP contribution in [0.1, 0.15) is 22.3 Å². The molecule has 0 saturated carbocycles. The molecule has 1 amide bonds. The van der Waals surface area contributed by atoms with E-state index in [2.05, 4.69) is 0 Å². The number of allylic oxidation sites excluding steroid dienone is 1. The molecule has 0 spiro atoms. The van der Waals surface area contributed by atoms with E-state index in [4.69, 9.17) is 5.73 Å². The molecule has 4 atom stereocenters. The molecule has 4 rings (SSSR count). The van der Waals surface area contributed by atoms with Crippen molar-refractivity contribution in [1.29, 1.82) is 0 Å². The summed E-state index contributed by atoms with van der Waals surface area (Å²) in [7, 11) is 5.09. The number of primary amides is 1. The van der Waals surface area contributed by atoms with Gasteiger partial charge in [-0.15, -0.1) is 0 Å². The van der Waals surface area contributed by atoms with Gasteiger partial charge in [0.1, 0.15) is 22.8 Å². The minimum Gasteiger partial charge on any atom is -0.510 e. The highest BCUT2D eigenvalue weighted by Gasteiger charge is 2.63. The molecular weight excluding hydrogens is 458 g/mol. The molecule has 3 aliphatic carbocycles. The number of rotatable bonds is 5. The molecule has 1 aromatic rings. The van der Waals surface area contributed by atoms with Gasteiger partial charge in [-0.3, -0.25) is 19.3 Å². The largest absolute Gasteiger partial charge is 0.510 e. The van der Waals surface area contributed by atoms with E-state index in [1.54, 1.807) is 25.1 Å². The predicted octanol–water partition coefficient (Wildman–Crippen LogP) is -0.451. The molecule has 0 aromatic heterocycles. The van der Waals surface area contributed by atoms with Gasteiger partial charge in [0.05, 0.1) is 18.2 Å². The molecule has 0 fully saturated rings. The summed E-state index contributed by atoms with van der Waals surface area (Å²) in [5, 5.41) is 53.7. The van der Waals surface area contributed by atoms with Crippen LogP contribution < -0.4 is 10.6 Å². The van der Waals surface area contributed by atoms with Crippen molar-refractivity contribution in [1.82, 2.24) is 4.90 Å². The Hall–Kier alpha value is -3.41. The Morgan fingerprint density at radius 1 is 1.17 bits per heavy atom. The van der Waals surface area contributed by atoms with Crippen LogP contribution in [0.3, 0.4) is 0 Å². The molecule has 11 heteroatoms. The van der Waals surface area contributed by atoms with E-state index in [9.17, 15) is 39.9 Å². The van der Waals surface area contributed by atoms with Gasteiger partial charge in [0, 0.05) is 37.8 Å². The van der Waals surface area contributed by atoms with Gasteiger partial charge in [-0.2, -0.15) is 0 Å². The quantitative estimate of drug-likeness (QED) is 0.297. The number of carbonyl (C=O) groups is 3. The summed E-state index contributed by atoms with van der Waals surface area (Å²) in [6, 6.07) is 1.89. The number of aliphatic hydroxyl groups is 4. The number of phenolic OH excluding ortho intramolecular Hbond substituents is 1. The Balaban J connectivity index is 1.96. The van der Waals surface area contributed by atoms with Gasteiger partial charge in [0.15, 0.2) is 11.4 Å². The van der Waals surface area contributed by atoms with Crippen molar-refractivity contribution in [3.8, 4) is 5.75 Å². The highest BCUT2D eigenvalue weighted by Crippen LogP contribution is 2.53. The fourth-order valence-electron chi connectivity index (χ4n) is 5.86. The number of nitrogens with zero attached hydrogens (tertiary/aromatic N) is 2. The average Bonchev–Trinajstić information content (AvgIpc) is 2.76. The average molecular weight is 488 g/mol. The third kappa shape index (κ3) is 3.33. The number of benzene rings is 1. The summed E-state index contributed by atoms with van der Waals surface area (Å²) in [6.07, 6.45) is 0.207. The summed E-state index contributed by atoms with van der Waals surface area (Å²) in [4.78, 5) is 42.2. The van der Waals surface area contributed by atoms with Crippen molar-refractivity contribution in [2.24, 2.45) is 17.6 Å². The number of likely N-dealkylation sites (N-methyl/N-ethyl adjacent to an activating group) is 1. The van der Waals surface area contributed by atoms with Gasteiger partial charge in [-0.1, -0.05) is 0 Å². The van der Waals surface area contributed by atoms with Crippen LogP contribution in [-0.2, 0) is 16.0 Å². The molecule has 7 N–H and O–H groups in total. The lowest BCUT2D eigenvalue weighted by Crippen LogP contribution is -2.64. The van der Waals surface area contributed by atoms with Gasteiger partial charge in [0.25, 0.3) is 5.91 Å². The number of aromatic hydroxyl groups is 1. The van der Waals surface area contributed by atoms with Crippen molar-refractivity contribution < 1.29 is 39.9 Å². The van der Waals surface area contributed by atoms with E-state index in [0.29, 0.717) is 11.3 Å². The van der Waals surface area contributed by atoms with E-state index >= 15 is 0 Å². The van der Waals surface area contributed by atoms with Crippen LogP contribution in [0, 0.1) is 11.8 Å². The molecule has 0 bridgehead atoms. The molecule has 0 radical (unpaired) electrons. The number of anilines is 1. The first-order chi connectivity index (χ1) is 16.4.